The lowest BCUT2D eigenvalue weighted by Gasteiger charge is -2.11. The van der Waals surface area contributed by atoms with E-state index in [9.17, 15) is 14.0 Å². The molecule has 0 atom stereocenters. The Morgan fingerprint density at radius 1 is 1.26 bits per heavy atom. The third kappa shape index (κ3) is 3.78. The van der Waals surface area contributed by atoms with Crippen molar-refractivity contribution in [1.82, 2.24) is 4.98 Å². The highest BCUT2D eigenvalue weighted by atomic mass is 35.5. The molecule has 120 valence electrons. The van der Waals surface area contributed by atoms with E-state index < -0.39 is 11.8 Å². The fourth-order valence-electron chi connectivity index (χ4n) is 1.85. The van der Waals surface area contributed by atoms with E-state index in [0.29, 0.717) is 5.56 Å². The molecule has 1 aromatic heterocycles. The van der Waals surface area contributed by atoms with Gasteiger partial charge in [-0.2, -0.15) is 0 Å². The molecule has 8 heteroatoms. The summed E-state index contributed by atoms with van der Waals surface area (Å²) in [6, 6.07) is 5.48. The molecule has 0 aliphatic rings. The van der Waals surface area contributed by atoms with Crippen LogP contribution in [0.15, 0.2) is 24.3 Å². The van der Waals surface area contributed by atoms with Crippen LogP contribution in [0.2, 0.25) is 10.0 Å². The Balaban J connectivity index is 2.65. The predicted octanol–water partition coefficient (Wildman–Crippen LogP) is 3.94. The Hall–Kier alpha value is -2.18. The second-order valence-electron chi connectivity index (χ2n) is 4.52. The number of hydrogen-bond donors (Lipinski definition) is 1. The van der Waals surface area contributed by atoms with E-state index in [-0.39, 0.29) is 33.0 Å². The van der Waals surface area contributed by atoms with E-state index in [0.717, 1.165) is 6.07 Å². The summed E-state index contributed by atoms with van der Waals surface area (Å²) in [6.45, 7) is 1.29. The average Bonchev–Trinajstić information content (AvgIpc) is 2.50. The van der Waals surface area contributed by atoms with E-state index in [1.54, 1.807) is 0 Å². The number of hydrogen-bond acceptors (Lipinski definition) is 4. The SMILES string of the molecule is COC(=O)c1nc(-c2ccc(Cl)c(F)c2)cc(NC(C)=O)c1Cl. The van der Waals surface area contributed by atoms with Crippen molar-refractivity contribution in [3.63, 3.8) is 0 Å². The molecule has 2 rings (SSSR count). The molecule has 0 bridgehead atoms. The minimum Gasteiger partial charge on any atom is -0.464 e. The molecule has 1 amide bonds. The van der Waals surface area contributed by atoms with Crippen LogP contribution in [-0.4, -0.2) is 24.0 Å². The number of benzene rings is 1. The van der Waals surface area contributed by atoms with Gasteiger partial charge in [-0.25, -0.2) is 14.2 Å². The molecule has 0 saturated carbocycles. The number of ether oxygens (including phenoxy) is 1. The van der Waals surface area contributed by atoms with Crippen LogP contribution < -0.4 is 5.32 Å². The molecule has 0 spiro atoms. The van der Waals surface area contributed by atoms with Crippen LogP contribution in [0.4, 0.5) is 10.1 Å². The lowest BCUT2D eigenvalue weighted by atomic mass is 10.1. The van der Waals surface area contributed by atoms with Crippen molar-refractivity contribution in [3.8, 4) is 11.3 Å². The molecule has 2 aromatic rings. The molecule has 5 nitrogen and oxygen atoms in total. The average molecular weight is 357 g/mol. The second kappa shape index (κ2) is 6.93. The number of nitrogens with zero attached hydrogens (tertiary/aromatic N) is 1. The molecule has 0 fully saturated rings. The maximum atomic E-state index is 13.6. The third-order valence-electron chi connectivity index (χ3n) is 2.86. The topological polar surface area (TPSA) is 68.3 Å². The monoisotopic (exact) mass is 356 g/mol. The van der Waals surface area contributed by atoms with Crippen molar-refractivity contribution < 1.29 is 18.7 Å². The van der Waals surface area contributed by atoms with E-state index in [1.165, 1.54) is 32.2 Å². The molecule has 0 aliphatic heterocycles. The summed E-state index contributed by atoms with van der Waals surface area (Å²) in [7, 11) is 1.17. The first-order chi connectivity index (χ1) is 10.8. The first-order valence-electron chi connectivity index (χ1n) is 6.35. The van der Waals surface area contributed by atoms with Gasteiger partial charge in [0.15, 0.2) is 5.69 Å². The second-order valence-corrected chi connectivity index (χ2v) is 5.30. The van der Waals surface area contributed by atoms with Crippen LogP contribution in [-0.2, 0) is 9.53 Å². The van der Waals surface area contributed by atoms with Gasteiger partial charge in [-0.05, 0) is 18.2 Å². The molecule has 0 saturated heterocycles. The van der Waals surface area contributed by atoms with Crippen LogP contribution in [0.5, 0.6) is 0 Å². The number of nitrogens with one attached hydrogen (secondary N) is 1. The standard InChI is InChI=1S/C15H11Cl2FN2O3/c1-7(21)19-12-6-11(8-3-4-9(16)10(18)5-8)20-14(13(12)17)15(22)23-2/h3-6H,1-2H3,(H,19,20,21). The fourth-order valence-corrected chi connectivity index (χ4v) is 2.18. The van der Waals surface area contributed by atoms with E-state index in [2.05, 4.69) is 15.0 Å². The van der Waals surface area contributed by atoms with Gasteiger partial charge in [-0.1, -0.05) is 29.3 Å². The van der Waals surface area contributed by atoms with E-state index in [1.807, 2.05) is 0 Å². The zero-order chi connectivity index (χ0) is 17.1. The highest BCUT2D eigenvalue weighted by Gasteiger charge is 2.19. The smallest absolute Gasteiger partial charge is 0.358 e. The zero-order valence-corrected chi connectivity index (χ0v) is 13.6. The first-order valence-corrected chi connectivity index (χ1v) is 7.11. The van der Waals surface area contributed by atoms with Gasteiger partial charge in [-0.3, -0.25) is 4.79 Å². The van der Waals surface area contributed by atoms with Gasteiger partial charge >= 0.3 is 5.97 Å². The lowest BCUT2D eigenvalue weighted by Crippen LogP contribution is -2.12. The Bertz CT molecular complexity index is 797. The quantitative estimate of drug-likeness (QED) is 0.845. The van der Waals surface area contributed by atoms with Gasteiger partial charge in [0.25, 0.3) is 0 Å². The van der Waals surface area contributed by atoms with E-state index in [4.69, 9.17) is 23.2 Å². The van der Waals surface area contributed by atoms with Crippen molar-refractivity contribution >= 4 is 40.8 Å². The molecule has 0 radical (unpaired) electrons. The van der Waals surface area contributed by atoms with Gasteiger partial charge < -0.3 is 10.1 Å². The van der Waals surface area contributed by atoms with Crippen LogP contribution >= 0.6 is 23.2 Å². The van der Waals surface area contributed by atoms with Crippen LogP contribution in [0, 0.1) is 5.82 Å². The highest BCUT2D eigenvalue weighted by Crippen LogP contribution is 2.31. The maximum Gasteiger partial charge on any atom is 0.358 e. The van der Waals surface area contributed by atoms with Crippen molar-refractivity contribution in [2.24, 2.45) is 0 Å². The Kier molecular flexibility index (Phi) is 5.18. The first kappa shape index (κ1) is 17.2. The number of carbonyl (C=O) groups is 2. The summed E-state index contributed by atoms with van der Waals surface area (Å²) in [5, 5.41) is 2.38. The number of halogens is 3. The van der Waals surface area contributed by atoms with Crippen molar-refractivity contribution in [3.05, 3.63) is 45.8 Å². The number of esters is 1. The summed E-state index contributed by atoms with van der Waals surface area (Å²) in [5.41, 5.74) is 0.570. The van der Waals surface area contributed by atoms with E-state index >= 15 is 0 Å². The summed E-state index contributed by atoms with van der Waals surface area (Å²) < 4.78 is 18.2. The van der Waals surface area contributed by atoms with Gasteiger partial charge in [0.1, 0.15) is 5.82 Å². The molecule has 0 aliphatic carbocycles. The van der Waals surface area contributed by atoms with Crippen molar-refractivity contribution in [2.75, 3.05) is 12.4 Å². The summed E-state index contributed by atoms with van der Waals surface area (Å²) in [6.07, 6.45) is 0. The molecule has 1 aromatic carbocycles. The van der Waals surface area contributed by atoms with Gasteiger partial charge in [0.2, 0.25) is 5.91 Å². The summed E-state index contributed by atoms with van der Waals surface area (Å²) in [5.74, 6) is -1.80. The molecule has 23 heavy (non-hydrogen) atoms. The minimum atomic E-state index is -0.780. The number of aromatic nitrogens is 1. The Labute approximate surface area is 141 Å². The molecule has 1 heterocycles. The lowest BCUT2D eigenvalue weighted by molar-refractivity contribution is -0.114. The highest BCUT2D eigenvalue weighted by molar-refractivity contribution is 6.36. The number of anilines is 1. The third-order valence-corrected chi connectivity index (χ3v) is 3.55. The summed E-state index contributed by atoms with van der Waals surface area (Å²) in [4.78, 5) is 27.2. The van der Waals surface area contributed by atoms with Crippen LogP contribution in [0.1, 0.15) is 17.4 Å². The molecule has 1 N–H and O–H groups in total. The van der Waals surface area contributed by atoms with Gasteiger partial charge in [0.05, 0.1) is 28.5 Å². The number of methoxy groups -OCH3 is 1. The maximum absolute atomic E-state index is 13.6. The number of rotatable bonds is 3. The Morgan fingerprint density at radius 2 is 1.96 bits per heavy atom. The molecule has 0 unspecified atom stereocenters. The van der Waals surface area contributed by atoms with Crippen molar-refractivity contribution in [1.29, 1.82) is 0 Å². The minimum absolute atomic E-state index is 0.0435. The van der Waals surface area contributed by atoms with Crippen LogP contribution in [0.3, 0.4) is 0 Å². The van der Waals surface area contributed by atoms with Crippen LogP contribution in [0.25, 0.3) is 11.3 Å². The fraction of sp³-hybridized carbons (Fsp3) is 0.133. The number of amides is 1. The normalized spacial score (nSPS) is 10.3. The number of pyridine rings is 1. The predicted molar refractivity (Wildman–Crippen MR) is 85.3 cm³/mol. The largest absolute Gasteiger partial charge is 0.464 e. The zero-order valence-electron chi connectivity index (χ0n) is 12.1. The van der Waals surface area contributed by atoms with Gasteiger partial charge in [0, 0.05) is 12.5 Å². The van der Waals surface area contributed by atoms with Gasteiger partial charge in [-0.15, -0.1) is 0 Å². The summed E-state index contributed by atoms with van der Waals surface area (Å²) >= 11 is 11.7. The Morgan fingerprint density at radius 3 is 2.52 bits per heavy atom. The molecular formula is C15H11Cl2FN2O3. The molecular weight excluding hydrogens is 346 g/mol. The van der Waals surface area contributed by atoms with Crippen molar-refractivity contribution in [2.45, 2.75) is 6.92 Å². The number of carbonyl (C=O) groups excluding carboxylic acids is 2.